The van der Waals surface area contributed by atoms with Crippen molar-refractivity contribution in [2.24, 2.45) is 0 Å². The van der Waals surface area contributed by atoms with Gasteiger partial charge >= 0.3 is 11.8 Å². The molecule has 18 heavy (non-hydrogen) atoms. The molecule has 0 spiro atoms. The third-order valence-corrected chi connectivity index (χ3v) is 2.44. The summed E-state index contributed by atoms with van der Waals surface area (Å²) < 4.78 is 42.3. The molecule has 0 saturated carbocycles. The van der Waals surface area contributed by atoms with Crippen LogP contribution in [-0.2, 0) is 6.18 Å². The maximum atomic E-state index is 12.5. The number of carbonyl (C=O) groups excluding carboxylic acids is 1. The Morgan fingerprint density at radius 1 is 1.22 bits per heavy atom. The Labute approximate surface area is 98.8 Å². The van der Waals surface area contributed by atoms with Crippen molar-refractivity contribution in [3.05, 3.63) is 45.8 Å². The van der Waals surface area contributed by atoms with Crippen LogP contribution in [0, 0.1) is 0 Å². The summed E-state index contributed by atoms with van der Waals surface area (Å²) in [5, 5.41) is 0.0645. The number of hydrogen-bond donors (Lipinski definition) is 0. The van der Waals surface area contributed by atoms with Gasteiger partial charge in [-0.05, 0) is 31.2 Å². The number of benzene rings is 1. The highest BCUT2D eigenvalue weighted by Gasteiger charge is 2.30. The van der Waals surface area contributed by atoms with E-state index < -0.39 is 23.1 Å². The first-order chi connectivity index (χ1) is 8.29. The van der Waals surface area contributed by atoms with Crippen molar-refractivity contribution in [3.63, 3.8) is 0 Å². The molecule has 0 fully saturated rings. The molecule has 0 unspecified atom stereocenters. The highest BCUT2D eigenvalue weighted by molar-refractivity contribution is 5.96. The zero-order chi connectivity index (χ0) is 13.5. The normalized spacial score (nSPS) is 11.8. The van der Waals surface area contributed by atoms with E-state index >= 15 is 0 Å². The number of ketones is 1. The standard InChI is InChI=1S/C12H7F3O3/c1-6(16)9-5-7-4-8(12(13,14)15)2-3-10(7)18-11(9)17/h2-5H,1H3. The van der Waals surface area contributed by atoms with Crippen molar-refractivity contribution in [1.82, 2.24) is 0 Å². The SMILES string of the molecule is CC(=O)c1cc2cc(C(F)(F)F)ccc2oc1=O. The largest absolute Gasteiger partial charge is 0.422 e. The molecule has 0 aliphatic carbocycles. The molecule has 2 rings (SSSR count). The quantitative estimate of drug-likeness (QED) is 0.582. The van der Waals surface area contributed by atoms with Gasteiger partial charge in [-0.15, -0.1) is 0 Å². The van der Waals surface area contributed by atoms with Crippen molar-refractivity contribution in [2.75, 3.05) is 0 Å². The molecule has 6 heteroatoms. The van der Waals surface area contributed by atoms with Gasteiger partial charge in [0.05, 0.1) is 5.56 Å². The summed E-state index contributed by atoms with van der Waals surface area (Å²) in [5.41, 5.74) is -1.96. The van der Waals surface area contributed by atoms with Crippen LogP contribution in [-0.4, -0.2) is 5.78 Å². The van der Waals surface area contributed by atoms with Crippen molar-refractivity contribution in [3.8, 4) is 0 Å². The van der Waals surface area contributed by atoms with Crippen LogP contribution in [0.15, 0.2) is 33.5 Å². The molecule has 0 aliphatic heterocycles. The lowest BCUT2D eigenvalue weighted by atomic mass is 10.1. The van der Waals surface area contributed by atoms with Gasteiger partial charge in [-0.25, -0.2) is 4.79 Å². The molecule has 0 aliphatic rings. The van der Waals surface area contributed by atoms with E-state index in [0.717, 1.165) is 31.2 Å². The van der Waals surface area contributed by atoms with Crippen molar-refractivity contribution in [2.45, 2.75) is 13.1 Å². The van der Waals surface area contributed by atoms with E-state index in [4.69, 9.17) is 4.42 Å². The molecule has 0 N–H and O–H groups in total. The molecule has 0 radical (unpaired) electrons. The van der Waals surface area contributed by atoms with E-state index in [1.807, 2.05) is 0 Å². The van der Waals surface area contributed by atoms with E-state index in [0.29, 0.717) is 0 Å². The molecule has 1 aromatic heterocycles. The second-order valence-corrected chi connectivity index (χ2v) is 3.75. The van der Waals surface area contributed by atoms with Crippen LogP contribution < -0.4 is 5.63 Å². The van der Waals surface area contributed by atoms with Gasteiger partial charge < -0.3 is 4.42 Å². The first-order valence-corrected chi connectivity index (χ1v) is 4.95. The third kappa shape index (κ3) is 2.13. The van der Waals surface area contributed by atoms with Crippen molar-refractivity contribution in [1.29, 1.82) is 0 Å². The average Bonchev–Trinajstić information content (AvgIpc) is 2.25. The summed E-state index contributed by atoms with van der Waals surface area (Å²) in [7, 11) is 0. The minimum Gasteiger partial charge on any atom is -0.422 e. The number of carbonyl (C=O) groups is 1. The van der Waals surface area contributed by atoms with Crippen LogP contribution in [0.25, 0.3) is 11.0 Å². The maximum absolute atomic E-state index is 12.5. The smallest absolute Gasteiger partial charge is 0.416 e. The van der Waals surface area contributed by atoms with Crippen LogP contribution >= 0.6 is 0 Å². The number of fused-ring (bicyclic) bond motifs is 1. The Morgan fingerprint density at radius 2 is 1.89 bits per heavy atom. The van der Waals surface area contributed by atoms with Gasteiger partial charge in [0.1, 0.15) is 11.1 Å². The maximum Gasteiger partial charge on any atom is 0.416 e. The van der Waals surface area contributed by atoms with Gasteiger partial charge in [-0.1, -0.05) is 0 Å². The zero-order valence-corrected chi connectivity index (χ0v) is 9.17. The topological polar surface area (TPSA) is 47.3 Å². The fraction of sp³-hybridized carbons (Fsp3) is 0.167. The predicted octanol–water partition coefficient (Wildman–Crippen LogP) is 3.01. The predicted molar refractivity (Wildman–Crippen MR) is 57.5 cm³/mol. The summed E-state index contributed by atoms with van der Waals surface area (Å²) in [6.07, 6.45) is -4.49. The number of hydrogen-bond acceptors (Lipinski definition) is 3. The zero-order valence-electron chi connectivity index (χ0n) is 9.17. The van der Waals surface area contributed by atoms with Gasteiger partial charge in [0.15, 0.2) is 5.78 Å². The molecule has 0 amide bonds. The van der Waals surface area contributed by atoms with E-state index in [-0.39, 0.29) is 16.5 Å². The number of rotatable bonds is 1. The molecular weight excluding hydrogens is 249 g/mol. The molecule has 1 heterocycles. The van der Waals surface area contributed by atoms with Crippen LogP contribution in [0.1, 0.15) is 22.8 Å². The van der Waals surface area contributed by atoms with Gasteiger partial charge in [0.2, 0.25) is 0 Å². The van der Waals surface area contributed by atoms with E-state index in [2.05, 4.69) is 0 Å². The fourth-order valence-corrected chi connectivity index (χ4v) is 1.55. The van der Waals surface area contributed by atoms with E-state index in [9.17, 15) is 22.8 Å². The summed E-state index contributed by atoms with van der Waals surface area (Å²) in [4.78, 5) is 22.5. The van der Waals surface area contributed by atoms with Gasteiger partial charge in [-0.3, -0.25) is 4.79 Å². The molecule has 0 saturated heterocycles. The van der Waals surface area contributed by atoms with Crippen LogP contribution in [0.2, 0.25) is 0 Å². The molecular formula is C12H7F3O3. The summed E-state index contributed by atoms with van der Waals surface area (Å²) in [5.74, 6) is -0.553. The van der Waals surface area contributed by atoms with Gasteiger partial charge in [0, 0.05) is 5.39 Å². The van der Waals surface area contributed by atoms with Crippen molar-refractivity contribution < 1.29 is 22.4 Å². The van der Waals surface area contributed by atoms with Gasteiger partial charge in [-0.2, -0.15) is 13.2 Å². The van der Waals surface area contributed by atoms with E-state index in [1.165, 1.54) is 0 Å². The van der Waals surface area contributed by atoms with E-state index in [1.54, 1.807) is 0 Å². The molecule has 1 aromatic carbocycles. The second-order valence-electron chi connectivity index (χ2n) is 3.75. The molecule has 0 atom stereocenters. The summed E-state index contributed by atoms with van der Waals surface area (Å²) >= 11 is 0. The number of alkyl halides is 3. The molecule has 0 bridgehead atoms. The van der Waals surface area contributed by atoms with Crippen LogP contribution in [0.4, 0.5) is 13.2 Å². The highest BCUT2D eigenvalue weighted by Crippen LogP contribution is 2.31. The number of halogens is 3. The number of Topliss-reactive ketones (excluding diaryl/α,β-unsaturated/α-hetero) is 1. The van der Waals surface area contributed by atoms with Crippen LogP contribution in [0.5, 0.6) is 0 Å². The minimum atomic E-state index is -4.49. The Balaban J connectivity index is 2.73. The lowest BCUT2D eigenvalue weighted by Crippen LogP contribution is -2.11. The van der Waals surface area contributed by atoms with Gasteiger partial charge in [0.25, 0.3) is 0 Å². The molecule has 94 valence electrons. The Morgan fingerprint density at radius 3 is 2.44 bits per heavy atom. The Kier molecular flexibility index (Phi) is 2.73. The third-order valence-electron chi connectivity index (χ3n) is 2.44. The minimum absolute atomic E-state index is 0.0120. The Hall–Kier alpha value is -2.11. The Bertz CT molecular complexity index is 683. The fourth-order valence-electron chi connectivity index (χ4n) is 1.55. The summed E-state index contributed by atoms with van der Waals surface area (Å²) in [6.45, 7) is 1.14. The van der Waals surface area contributed by atoms with Crippen LogP contribution in [0.3, 0.4) is 0 Å². The average molecular weight is 256 g/mol. The lowest BCUT2D eigenvalue weighted by Gasteiger charge is -2.07. The first kappa shape index (κ1) is 12.3. The van der Waals surface area contributed by atoms with Crippen molar-refractivity contribution >= 4 is 16.8 Å². The molecule has 3 nitrogen and oxygen atoms in total. The monoisotopic (exact) mass is 256 g/mol. The molecule has 2 aromatic rings. The summed E-state index contributed by atoms with van der Waals surface area (Å²) in [6, 6.07) is 3.83. The highest BCUT2D eigenvalue weighted by atomic mass is 19.4. The second kappa shape index (κ2) is 3.97. The first-order valence-electron chi connectivity index (χ1n) is 4.95. The lowest BCUT2D eigenvalue weighted by molar-refractivity contribution is -0.137.